The second-order valence-corrected chi connectivity index (χ2v) is 6.16. The first kappa shape index (κ1) is 12.5. The first-order valence-electron chi connectivity index (χ1n) is 6.03. The Balaban J connectivity index is 2.08. The van der Waals surface area contributed by atoms with Crippen LogP contribution in [0.3, 0.4) is 0 Å². The zero-order valence-corrected chi connectivity index (χ0v) is 12.0. The maximum Gasteiger partial charge on any atom is 0.0632 e. The van der Waals surface area contributed by atoms with Gasteiger partial charge in [0.1, 0.15) is 0 Å². The van der Waals surface area contributed by atoms with E-state index < -0.39 is 0 Å². The summed E-state index contributed by atoms with van der Waals surface area (Å²) in [5.74, 6) is 0.977. The van der Waals surface area contributed by atoms with E-state index >= 15 is 0 Å². The summed E-state index contributed by atoms with van der Waals surface area (Å²) in [7, 11) is 0. The first-order valence-corrected chi connectivity index (χ1v) is 7.45. The van der Waals surface area contributed by atoms with Crippen LogP contribution < -0.4 is 0 Å². The minimum Gasteiger partial charge on any atom is -0.271 e. The smallest absolute Gasteiger partial charge is 0.0632 e. The highest BCUT2D eigenvalue weighted by Crippen LogP contribution is 2.37. The number of rotatable bonds is 3. The number of aromatic nitrogens is 2. The Morgan fingerprint density at radius 3 is 2.50 bits per heavy atom. The molecule has 0 saturated heterocycles. The minimum atomic E-state index is 0.366. The van der Waals surface area contributed by atoms with Crippen LogP contribution in [0.5, 0.6) is 0 Å². The van der Waals surface area contributed by atoms with Crippen LogP contribution in [0.4, 0.5) is 0 Å². The van der Waals surface area contributed by atoms with Crippen LogP contribution in [0.2, 0.25) is 0 Å². The van der Waals surface area contributed by atoms with Crippen molar-refractivity contribution in [1.29, 1.82) is 0 Å². The zero-order valence-electron chi connectivity index (χ0n) is 9.53. The lowest BCUT2D eigenvalue weighted by Crippen LogP contribution is -2.28. The molecule has 1 aliphatic carbocycles. The molecule has 0 radical (unpaired) electrons. The van der Waals surface area contributed by atoms with E-state index in [1.807, 2.05) is 6.20 Å². The van der Waals surface area contributed by atoms with E-state index in [4.69, 9.17) is 0 Å². The molecule has 0 spiro atoms. The van der Waals surface area contributed by atoms with Crippen LogP contribution in [0.1, 0.15) is 38.5 Å². The maximum atomic E-state index is 4.58. The third-order valence-corrected chi connectivity index (χ3v) is 4.68. The molecule has 1 aromatic rings. The number of hydrogen-bond acceptors (Lipinski definition) is 2. The maximum absolute atomic E-state index is 4.58. The third-order valence-electron chi connectivity index (χ3n) is 3.60. The second kappa shape index (κ2) is 5.58. The highest BCUT2D eigenvalue weighted by Gasteiger charge is 2.30. The molecule has 0 bridgehead atoms. The van der Waals surface area contributed by atoms with Crippen molar-refractivity contribution in [2.75, 3.05) is 5.75 Å². The number of nitrogens with zero attached hydrogens (tertiary/aromatic N) is 2. The predicted molar refractivity (Wildman–Crippen MR) is 73.9 cm³/mol. The van der Waals surface area contributed by atoms with Gasteiger partial charge >= 0.3 is 0 Å². The topological polar surface area (TPSA) is 17.8 Å². The van der Waals surface area contributed by atoms with Gasteiger partial charge in [0.15, 0.2) is 0 Å². The quantitative estimate of drug-likeness (QED) is 0.662. The van der Waals surface area contributed by atoms with Gasteiger partial charge in [0.25, 0.3) is 0 Å². The lowest BCUT2D eigenvalue weighted by Gasteiger charge is -2.31. The molecule has 1 fully saturated rings. The molecular formula is C12H19BrN2S. The molecule has 0 amide bonds. The normalized spacial score (nSPS) is 20.6. The molecule has 0 atom stereocenters. The molecule has 0 aromatic carbocycles. The van der Waals surface area contributed by atoms with Crippen LogP contribution in [0, 0.1) is 5.41 Å². The molecule has 1 saturated carbocycles. The molecule has 2 rings (SSSR count). The van der Waals surface area contributed by atoms with Gasteiger partial charge in [-0.25, -0.2) is 0 Å². The van der Waals surface area contributed by atoms with Gasteiger partial charge in [-0.2, -0.15) is 17.7 Å². The SMILES string of the molecule is SCC1(Cn2cc(Br)cn2)CCCCCC1. The monoisotopic (exact) mass is 302 g/mol. The summed E-state index contributed by atoms with van der Waals surface area (Å²) >= 11 is 8.03. The fraction of sp³-hybridized carbons (Fsp3) is 0.750. The van der Waals surface area contributed by atoms with E-state index in [0.717, 1.165) is 16.8 Å². The van der Waals surface area contributed by atoms with Crippen molar-refractivity contribution < 1.29 is 0 Å². The molecule has 0 N–H and O–H groups in total. The van der Waals surface area contributed by atoms with Gasteiger partial charge in [-0.3, -0.25) is 4.68 Å². The third kappa shape index (κ3) is 3.04. The molecule has 2 nitrogen and oxygen atoms in total. The van der Waals surface area contributed by atoms with E-state index in [1.54, 1.807) is 0 Å². The van der Waals surface area contributed by atoms with Crippen LogP contribution in [-0.4, -0.2) is 15.5 Å². The second-order valence-electron chi connectivity index (χ2n) is 4.93. The Bertz CT molecular complexity index is 330. The van der Waals surface area contributed by atoms with E-state index in [1.165, 1.54) is 38.5 Å². The van der Waals surface area contributed by atoms with Crippen molar-refractivity contribution in [2.24, 2.45) is 5.41 Å². The number of thiol groups is 1. The van der Waals surface area contributed by atoms with E-state index in [0.29, 0.717) is 5.41 Å². The minimum absolute atomic E-state index is 0.366. The van der Waals surface area contributed by atoms with E-state index in [-0.39, 0.29) is 0 Å². The lowest BCUT2D eigenvalue weighted by molar-refractivity contribution is 0.230. The van der Waals surface area contributed by atoms with Gasteiger partial charge in [0.2, 0.25) is 0 Å². The Kier molecular flexibility index (Phi) is 4.36. The zero-order chi connectivity index (χ0) is 11.4. The summed E-state index contributed by atoms with van der Waals surface area (Å²) in [6.07, 6.45) is 12.0. The highest BCUT2D eigenvalue weighted by molar-refractivity contribution is 9.10. The van der Waals surface area contributed by atoms with Crippen LogP contribution in [0.15, 0.2) is 16.9 Å². The summed E-state index contributed by atoms with van der Waals surface area (Å²) in [5.41, 5.74) is 0.366. The van der Waals surface area contributed by atoms with Gasteiger partial charge in [0, 0.05) is 12.7 Å². The van der Waals surface area contributed by atoms with Crippen molar-refractivity contribution in [3.63, 3.8) is 0 Å². The molecule has 0 aliphatic heterocycles. The van der Waals surface area contributed by atoms with Gasteiger partial charge < -0.3 is 0 Å². The molecule has 0 unspecified atom stereocenters. The summed E-state index contributed by atoms with van der Waals surface area (Å²) in [4.78, 5) is 0. The molecule has 4 heteroatoms. The molecule has 16 heavy (non-hydrogen) atoms. The van der Waals surface area contributed by atoms with Crippen LogP contribution >= 0.6 is 28.6 Å². The van der Waals surface area contributed by atoms with Gasteiger partial charge in [-0.15, -0.1) is 0 Å². The Morgan fingerprint density at radius 2 is 2.00 bits per heavy atom. The standard InChI is InChI=1S/C12H19BrN2S/c13-11-7-14-15(8-11)9-12(10-16)5-3-1-2-4-6-12/h7-8,16H,1-6,9-10H2. The van der Waals surface area contributed by atoms with E-state index in [2.05, 4.69) is 44.5 Å². The van der Waals surface area contributed by atoms with Gasteiger partial charge in [-0.05, 0) is 39.9 Å². The summed E-state index contributed by atoms with van der Waals surface area (Å²) < 4.78 is 3.13. The van der Waals surface area contributed by atoms with Crippen molar-refractivity contribution in [2.45, 2.75) is 45.1 Å². The average molecular weight is 303 g/mol. The highest BCUT2D eigenvalue weighted by atomic mass is 79.9. The fourth-order valence-corrected chi connectivity index (χ4v) is 3.36. The van der Waals surface area contributed by atoms with Crippen molar-refractivity contribution in [1.82, 2.24) is 9.78 Å². The van der Waals surface area contributed by atoms with Gasteiger partial charge in [-0.1, -0.05) is 25.7 Å². The largest absolute Gasteiger partial charge is 0.271 e. The summed E-state index contributed by atoms with van der Waals surface area (Å²) in [6, 6.07) is 0. The number of halogens is 1. The molecular weight excluding hydrogens is 284 g/mol. The van der Waals surface area contributed by atoms with Crippen molar-refractivity contribution >= 4 is 28.6 Å². The Hall–Kier alpha value is 0.0400. The Labute approximate surface area is 111 Å². The molecule has 1 heterocycles. The van der Waals surface area contributed by atoms with Crippen molar-refractivity contribution in [3.05, 3.63) is 16.9 Å². The predicted octanol–water partition coefficient (Wildman–Crippen LogP) is 3.92. The van der Waals surface area contributed by atoms with Crippen LogP contribution in [0.25, 0.3) is 0 Å². The fourth-order valence-electron chi connectivity index (χ4n) is 2.61. The summed E-state index contributed by atoms with van der Waals surface area (Å²) in [6.45, 7) is 1.02. The van der Waals surface area contributed by atoms with Crippen LogP contribution in [-0.2, 0) is 6.54 Å². The van der Waals surface area contributed by atoms with E-state index in [9.17, 15) is 0 Å². The summed E-state index contributed by atoms with van der Waals surface area (Å²) in [5, 5.41) is 4.37. The lowest BCUT2D eigenvalue weighted by atomic mass is 9.82. The molecule has 1 aliphatic rings. The average Bonchev–Trinajstić information content (AvgIpc) is 2.54. The molecule has 1 aromatic heterocycles. The van der Waals surface area contributed by atoms with Crippen molar-refractivity contribution in [3.8, 4) is 0 Å². The van der Waals surface area contributed by atoms with Gasteiger partial charge in [0.05, 0.1) is 10.7 Å². The number of hydrogen-bond donors (Lipinski definition) is 1. The first-order chi connectivity index (χ1) is 7.74. The Morgan fingerprint density at radius 1 is 1.31 bits per heavy atom. The molecule has 90 valence electrons.